The summed E-state index contributed by atoms with van der Waals surface area (Å²) < 4.78 is 20.4. The summed E-state index contributed by atoms with van der Waals surface area (Å²) in [6.45, 7) is 0. The second-order valence-electron chi connectivity index (χ2n) is 3.37. The Balaban J connectivity index is 2.54. The average Bonchev–Trinajstić information content (AvgIpc) is 2.87. The van der Waals surface area contributed by atoms with E-state index in [4.69, 9.17) is 24.4 Å². The molecule has 1 aromatic carbocycles. The SMILES string of the molecule is COc1cc(OC)c(N)c(-c2nnc(OC)o2)c1. The minimum atomic E-state index is 0.0613. The summed E-state index contributed by atoms with van der Waals surface area (Å²) in [6.07, 6.45) is 0.0613. The molecule has 0 saturated carbocycles. The van der Waals surface area contributed by atoms with E-state index >= 15 is 0 Å². The zero-order valence-electron chi connectivity index (χ0n) is 10.3. The van der Waals surface area contributed by atoms with Gasteiger partial charge in [-0.05, 0) is 6.07 Å². The molecule has 0 unspecified atom stereocenters. The molecule has 0 spiro atoms. The summed E-state index contributed by atoms with van der Waals surface area (Å²) in [5.41, 5.74) is 6.87. The summed E-state index contributed by atoms with van der Waals surface area (Å²) >= 11 is 0. The molecule has 7 nitrogen and oxygen atoms in total. The molecule has 2 aromatic rings. The van der Waals surface area contributed by atoms with E-state index in [1.807, 2.05) is 0 Å². The van der Waals surface area contributed by atoms with E-state index in [1.54, 1.807) is 19.2 Å². The highest BCUT2D eigenvalue weighted by Crippen LogP contribution is 2.37. The van der Waals surface area contributed by atoms with Gasteiger partial charge in [-0.2, -0.15) is 0 Å². The quantitative estimate of drug-likeness (QED) is 0.819. The Kier molecular flexibility index (Phi) is 3.22. The molecule has 2 N–H and O–H groups in total. The fraction of sp³-hybridized carbons (Fsp3) is 0.273. The maximum Gasteiger partial charge on any atom is 0.414 e. The van der Waals surface area contributed by atoms with Crippen LogP contribution in [0.2, 0.25) is 0 Å². The number of rotatable bonds is 4. The summed E-state index contributed by atoms with van der Waals surface area (Å²) in [4.78, 5) is 0. The number of anilines is 1. The van der Waals surface area contributed by atoms with Gasteiger partial charge in [0.15, 0.2) is 0 Å². The Labute approximate surface area is 103 Å². The van der Waals surface area contributed by atoms with E-state index in [-0.39, 0.29) is 12.0 Å². The molecule has 0 radical (unpaired) electrons. The van der Waals surface area contributed by atoms with Crippen LogP contribution in [0.5, 0.6) is 17.6 Å². The summed E-state index contributed by atoms with van der Waals surface area (Å²) in [6, 6.07) is 3.36. The number of nitrogens with zero attached hydrogens (tertiary/aromatic N) is 2. The van der Waals surface area contributed by atoms with Crippen LogP contribution in [0.15, 0.2) is 16.5 Å². The van der Waals surface area contributed by atoms with Gasteiger partial charge in [-0.3, -0.25) is 0 Å². The van der Waals surface area contributed by atoms with Gasteiger partial charge in [-0.15, -0.1) is 5.10 Å². The molecule has 0 aliphatic rings. The van der Waals surface area contributed by atoms with Gasteiger partial charge in [0, 0.05) is 6.07 Å². The Hall–Kier alpha value is -2.44. The average molecular weight is 251 g/mol. The Morgan fingerprint density at radius 3 is 2.39 bits per heavy atom. The molecule has 96 valence electrons. The zero-order chi connectivity index (χ0) is 13.1. The second-order valence-corrected chi connectivity index (χ2v) is 3.37. The highest BCUT2D eigenvalue weighted by molar-refractivity contribution is 5.77. The van der Waals surface area contributed by atoms with Crippen LogP contribution in [-0.4, -0.2) is 31.5 Å². The van der Waals surface area contributed by atoms with Crippen molar-refractivity contribution >= 4 is 5.69 Å². The normalized spacial score (nSPS) is 10.2. The minimum Gasteiger partial charge on any atom is -0.497 e. The van der Waals surface area contributed by atoms with Crippen LogP contribution in [0.4, 0.5) is 5.69 Å². The van der Waals surface area contributed by atoms with Gasteiger partial charge in [-0.1, -0.05) is 5.10 Å². The Morgan fingerprint density at radius 2 is 1.83 bits per heavy atom. The third kappa shape index (κ3) is 2.02. The molecule has 0 aliphatic heterocycles. The largest absolute Gasteiger partial charge is 0.497 e. The van der Waals surface area contributed by atoms with Crippen molar-refractivity contribution in [3.05, 3.63) is 12.1 Å². The van der Waals surface area contributed by atoms with Crippen LogP contribution in [-0.2, 0) is 0 Å². The van der Waals surface area contributed by atoms with Crippen LogP contribution in [0.3, 0.4) is 0 Å². The smallest absolute Gasteiger partial charge is 0.414 e. The lowest BCUT2D eigenvalue weighted by Crippen LogP contribution is -1.97. The molecule has 0 amide bonds. The lowest BCUT2D eigenvalue weighted by atomic mass is 10.1. The van der Waals surface area contributed by atoms with Crippen molar-refractivity contribution in [3.63, 3.8) is 0 Å². The molecule has 0 saturated heterocycles. The van der Waals surface area contributed by atoms with Gasteiger partial charge in [0.2, 0.25) is 0 Å². The number of hydrogen-bond acceptors (Lipinski definition) is 7. The van der Waals surface area contributed by atoms with E-state index in [1.165, 1.54) is 14.2 Å². The van der Waals surface area contributed by atoms with Crippen LogP contribution >= 0.6 is 0 Å². The molecule has 2 rings (SSSR count). The summed E-state index contributed by atoms with van der Waals surface area (Å²) in [5.74, 6) is 1.29. The molecule has 0 bridgehead atoms. The van der Waals surface area contributed by atoms with Crippen LogP contribution in [0.1, 0.15) is 0 Å². The molecular weight excluding hydrogens is 238 g/mol. The van der Waals surface area contributed by atoms with E-state index in [0.29, 0.717) is 22.7 Å². The monoisotopic (exact) mass is 251 g/mol. The van der Waals surface area contributed by atoms with Crippen molar-refractivity contribution in [3.8, 4) is 29.0 Å². The molecule has 0 fully saturated rings. The fourth-order valence-corrected chi connectivity index (χ4v) is 1.47. The number of methoxy groups -OCH3 is 3. The standard InChI is InChI=1S/C11H13N3O4/c1-15-6-4-7(9(12)8(5-6)16-2)10-13-14-11(17-3)18-10/h4-5H,12H2,1-3H3. The molecule has 7 heteroatoms. The first-order valence-corrected chi connectivity index (χ1v) is 5.09. The molecule has 18 heavy (non-hydrogen) atoms. The maximum atomic E-state index is 5.95. The zero-order valence-corrected chi connectivity index (χ0v) is 10.3. The number of nitrogens with two attached hydrogens (primary N) is 1. The van der Waals surface area contributed by atoms with Crippen molar-refractivity contribution in [2.45, 2.75) is 0 Å². The van der Waals surface area contributed by atoms with Crippen molar-refractivity contribution in [1.29, 1.82) is 0 Å². The van der Waals surface area contributed by atoms with Crippen molar-refractivity contribution in [2.24, 2.45) is 0 Å². The van der Waals surface area contributed by atoms with Gasteiger partial charge in [0.25, 0.3) is 5.89 Å². The predicted octanol–water partition coefficient (Wildman–Crippen LogP) is 1.34. The van der Waals surface area contributed by atoms with E-state index in [2.05, 4.69) is 10.2 Å². The molecular formula is C11H13N3O4. The fourth-order valence-electron chi connectivity index (χ4n) is 1.47. The van der Waals surface area contributed by atoms with Gasteiger partial charge in [-0.25, -0.2) is 0 Å². The Morgan fingerprint density at radius 1 is 1.06 bits per heavy atom. The first kappa shape index (κ1) is 12.0. The van der Waals surface area contributed by atoms with Crippen LogP contribution in [0, 0.1) is 0 Å². The predicted molar refractivity (Wildman–Crippen MR) is 63.8 cm³/mol. The highest BCUT2D eigenvalue weighted by Gasteiger charge is 2.16. The van der Waals surface area contributed by atoms with Crippen molar-refractivity contribution in [2.75, 3.05) is 27.1 Å². The lowest BCUT2D eigenvalue weighted by Gasteiger charge is -2.10. The number of hydrogen-bond donors (Lipinski definition) is 1. The van der Waals surface area contributed by atoms with Crippen molar-refractivity contribution in [1.82, 2.24) is 10.2 Å². The van der Waals surface area contributed by atoms with Crippen LogP contribution in [0.25, 0.3) is 11.5 Å². The minimum absolute atomic E-state index is 0.0613. The molecule has 0 atom stereocenters. The van der Waals surface area contributed by atoms with E-state index in [0.717, 1.165) is 0 Å². The highest BCUT2D eigenvalue weighted by atomic mass is 16.6. The number of nitrogen functional groups attached to an aromatic ring is 1. The van der Waals surface area contributed by atoms with E-state index < -0.39 is 0 Å². The topological polar surface area (TPSA) is 92.6 Å². The maximum absolute atomic E-state index is 5.95. The lowest BCUT2D eigenvalue weighted by molar-refractivity contribution is 0.293. The Bertz CT molecular complexity index is 553. The van der Waals surface area contributed by atoms with E-state index in [9.17, 15) is 0 Å². The molecule has 1 aromatic heterocycles. The molecule has 1 heterocycles. The second kappa shape index (κ2) is 4.82. The third-order valence-electron chi connectivity index (χ3n) is 2.38. The third-order valence-corrected chi connectivity index (χ3v) is 2.38. The van der Waals surface area contributed by atoms with Gasteiger partial charge in [0.05, 0.1) is 32.6 Å². The summed E-state index contributed by atoms with van der Waals surface area (Å²) in [7, 11) is 4.50. The number of ether oxygens (including phenoxy) is 3. The number of aromatic nitrogens is 2. The summed E-state index contributed by atoms with van der Waals surface area (Å²) in [5, 5.41) is 7.52. The van der Waals surface area contributed by atoms with Gasteiger partial charge in [0.1, 0.15) is 11.5 Å². The number of benzene rings is 1. The van der Waals surface area contributed by atoms with Crippen molar-refractivity contribution < 1.29 is 18.6 Å². The first-order valence-electron chi connectivity index (χ1n) is 5.09. The first-order chi connectivity index (χ1) is 8.69. The van der Waals surface area contributed by atoms with Gasteiger partial charge < -0.3 is 24.4 Å². The van der Waals surface area contributed by atoms with Crippen LogP contribution < -0.4 is 19.9 Å². The van der Waals surface area contributed by atoms with Gasteiger partial charge >= 0.3 is 6.08 Å². The molecule has 0 aliphatic carbocycles.